The molecule has 1 fully saturated rings. The quantitative estimate of drug-likeness (QED) is 0.829. The van der Waals surface area contributed by atoms with Crippen LogP contribution in [0.15, 0.2) is 54.6 Å². The summed E-state index contributed by atoms with van der Waals surface area (Å²) in [4.78, 5) is 24.8. The summed E-state index contributed by atoms with van der Waals surface area (Å²) in [6.07, 6.45) is 0.764. The van der Waals surface area contributed by atoms with Crippen LogP contribution in [0.4, 0.5) is 0 Å². The molecule has 1 N–H and O–H groups in total. The molecule has 5 nitrogen and oxygen atoms in total. The standard InChI is InChI=1S/C21H23NO4/c1-14(21(24)25)22(2)20(23)19-12-18(19)16-8-10-17(11-9-16)26-13-15-6-4-3-5-7-15/h3-11,14,18-19H,12-13H2,1-2H3,(H,24,25). The molecule has 26 heavy (non-hydrogen) atoms. The first-order valence-corrected chi connectivity index (χ1v) is 8.73. The molecule has 1 amide bonds. The van der Waals surface area contributed by atoms with Gasteiger partial charge in [0.2, 0.25) is 5.91 Å². The molecular formula is C21H23NO4. The van der Waals surface area contributed by atoms with Gasteiger partial charge in [0, 0.05) is 13.0 Å². The van der Waals surface area contributed by atoms with Crippen LogP contribution in [-0.4, -0.2) is 35.0 Å². The maximum atomic E-state index is 12.4. The Balaban J connectivity index is 1.55. The second-order valence-electron chi connectivity index (χ2n) is 6.76. The van der Waals surface area contributed by atoms with Crippen molar-refractivity contribution in [1.29, 1.82) is 0 Å². The highest BCUT2D eigenvalue weighted by Crippen LogP contribution is 2.48. The number of carboxylic acid groups (broad SMARTS) is 1. The van der Waals surface area contributed by atoms with Crippen LogP contribution < -0.4 is 4.74 Å². The van der Waals surface area contributed by atoms with Gasteiger partial charge in [0.1, 0.15) is 18.4 Å². The predicted molar refractivity (Wildman–Crippen MR) is 97.9 cm³/mol. The molecule has 5 heteroatoms. The van der Waals surface area contributed by atoms with Gasteiger partial charge in [-0.25, -0.2) is 4.79 Å². The Morgan fingerprint density at radius 1 is 1.15 bits per heavy atom. The van der Waals surface area contributed by atoms with Gasteiger partial charge in [-0.3, -0.25) is 4.79 Å². The average Bonchev–Trinajstić information content (AvgIpc) is 3.46. The van der Waals surface area contributed by atoms with Crippen LogP contribution in [0.5, 0.6) is 5.75 Å². The van der Waals surface area contributed by atoms with Crippen molar-refractivity contribution in [2.45, 2.75) is 31.9 Å². The number of benzene rings is 2. The number of ether oxygens (including phenoxy) is 1. The summed E-state index contributed by atoms with van der Waals surface area (Å²) in [6.45, 7) is 2.04. The molecular weight excluding hydrogens is 330 g/mol. The highest BCUT2D eigenvalue weighted by atomic mass is 16.5. The molecule has 0 aromatic heterocycles. The largest absolute Gasteiger partial charge is 0.489 e. The molecule has 3 atom stereocenters. The molecule has 3 rings (SSSR count). The van der Waals surface area contributed by atoms with Crippen molar-refractivity contribution < 1.29 is 19.4 Å². The van der Waals surface area contributed by atoms with E-state index in [1.807, 2.05) is 54.6 Å². The molecule has 1 saturated carbocycles. The first kappa shape index (κ1) is 18.0. The zero-order chi connectivity index (χ0) is 18.7. The minimum absolute atomic E-state index is 0.102. The molecule has 2 aromatic carbocycles. The van der Waals surface area contributed by atoms with Gasteiger partial charge in [-0.1, -0.05) is 42.5 Å². The van der Waals surface area contributed by atoms with Gasteiger partial charge in [-0.2, -0.15) is 0 Å². The third-order valence-corrected chi connectivity index (χ3v) is 4.95. The number of nitrogens with zero attached hydrogens (tertiary/aromatic N) is 1. The summed E-state index contributed by atoms with van der Waals surface area (Å²) in [5.74, 6) is -0.267. The number of carbonyl (C=O) groups is 2. The van der Waals surface area contributed by atoms with Gasteiger partial charge in [0.15, 0.2) is 0 Å². The first-order chi connectivity index (χ1) is 12.5. The second-order valence-corrected chi connectivity index (χ2v) is 6.76. The van der Waals surface area contributed by atoms with Crippen molar-refractivity contribution in [3.8, 4) is 5.75 Å². The van der Waals surface area contributed by atoms with Crippen LogP contribution >= 0.6 is 0 Å². The lowest BCUT2D eigenvalue weighted by atomic mass is 10.1. The number of carbonyl (C=O) groups excluding carboxylic acids is 1. The number of likely N-dealkylation sites (N-methyl/N-ethyl adjacent to an activating group) is 1. The molecule has 0 heterocycles. The van der Waals surface area contributed by atoms with Crippen molar-refractivity contribution in [2.75, 3.05) is 7.05 Å². The molecule has 0 aliphatic heterocycles. The van der Waals surface area contributed by atoms with Gasteiger partial charge in [0.05, 0.1) is 0 Å². The molecule has 0 bridgehead atoms. The van der Waals surface area contributed by atoms with Crippen molar-refractivity contribution in [3.05, 3.63) is 65.7 Å². The minimum atomic E-state index is -0.988. The zero-order valence-corrected chi connectivity index (χ0v) is 15.0. The Kier molecular flexibility index (Phi) is 5.26. The third-order valence-electron chi connectivity index (χ3n) is 4.95. The minimum Gasteiger partial charge on any atom is -0.489 e. The van der Waals surface area contributed by atoms with Crippen molar-refractivity contribution in [2.24, 2.45) is 5.92 Å². The molecule has 136 valence electrons. The van der Waals surface area contributed by atoms with E-state index in [0.717, 1.165) is 23.3 Å². The summed E-state index contributed by atoms with van der Waals surface area (Å²) in [6, 6.07) is 17.0. The lowest BCUT2D eigenvalue weighted by molar-refractivity contribution is -0.148. The number of hydrogen-bond donors (Lipinski definition) is 1. The van der Waals surface area contributed by atoms with E-state index < -0.39 is 12.0 Å². The maximum Gasteiger partial charge on any atom is 0.326 e. The summed E-state index contributed by atoms with van der Waals surface area (Å²) >= 11 is 0. The van der Waals surface area contributed by atoms with Crippen LogP contribution in [0.3, 0.4) is 0 Å². The SMILES string of the molecule is CC(C(=O)O)N(C)C(=O)C1CC1c1ccc(OCc2ccccc2)cc1. The van der Waals surface area contributed by atoms with E-state index in [1.54, 1.807) is 7.05 Å². The lowest BCUT2D eigenvalue weighted by Crippen LogP contribution is -2.41. The van der Waals surface area contributed by atoms with E-state index in [4.69, 9.17) is 9.84 Å². The molecule has 0 saturated heterocycles. The Bertz CT molecular complexity index is 772. The predicted octanol–water partition coefficient (Wildman–Crippen LogP) is 3.30. The summed E-state index contributed by atoms with van der Waals surface area (Å²) < 4.78 is 5.78. The van der Waals surface area contributed by atoms with Crippen LogP contribution in [0, 0.1) is 5.92 Å². The van der Waals surface area contributed by atoms with Crippen LogP contribution in [-0.2, 0) is 16.2 Å². The summed E-state index contributed by atoms with van der Waals surface area (Å²) in [5.41, 5.74) is 2.20. The van der Waals surface area contributed by atoms with E-state index >= 15 is 0 Å². The monoisotopic (exact) mass is 353 g/mol. The Morgan fingerprint density at radius 3 is 2.42 bits per heavy atom. The number of carboxylic acids is 1. The molecule has 3 unspecified atom stereocenters. The zero-order valence-electron chi connectivity index (χ0n) is 15.0. The molecule has 0 spiro atoms. The highest BCUT2D eigenvalue weighted by molar-refractivity contribution is 5.87. The van der Waals surface area contributed by atoms with E-state index in [9.17, 15) is 9.59 Å². The Morgan fingerprint density at radius 2 is 1.81 bits per heavy atom. The first-order valence-electron chi connectivity index (χ1n) is 8.73. The molecule has 0 radical (unpaired) electrons. The Labute approximate surface area is 153 Å². The maximum absolute atomic E-state index is 12.4. The molecule has 1 aliphatic carbocycles. The summed E-state index contributed by atoms with van der Waals surface area (Å²) in [7, 11) is 1.55. The number of hydrogen-bond acceptors (Lipinski definition) is 3. The van der Waals surface area contributed by atoms with Crippen molar-refractivity contribution in [3.63, 3.8) is 0 Å². The van der Waals surface area contributed by atoms with Gasteiger partial charge >= 0.3 is 5.97 Å². The normalized spacial score (nSPS) is 19.5. The van der Waals surface area contributed by atoms with E-state index in [0.29, 0.717) is 6.61 Å². The average molecular weight is 353 g/mol. The van der Waals surface area contributed by atoms with Gasteiger partial charge in [0.25, 0.3) is 0 Å². The van der Waals surface area contributed by atoms with Crippen LogP contribution in [0.2, 0.25) is 0 Å². The van der Waals surface area contributed by atoms with Crippen LogP contribution in [0.1, 0.15) is 30.4 Å². The number of aliphatic carboxylic acids is 1. The third kappa shape index (κ3) is 4.04. The second kappa shape index (κ2) is 7.60. The van der Waals surface area contributed by atoms with Crippen molar-refractivity contribution >= 4 is 11.9 Å². The lowest BCUT2D eigenvalue weighted by Gasteiger charge is -2.21. The number of amides is 1. The Hall–Kier alpha value is -2.82. The highest BCUT2D eigenvalue weighted by Gasteiger charge is 2.46. The molecule has 2 aromatic rings. The summed E-state index contributed by atoms with van der Waals surface area (Å²) in [5, 5.41) is 9.04. The fraction of sp³-hybridized carbons (Fsp3) is 0.333. The smallest absolute Gasteiger partial charge is 0.326 e. The van der Waals surface area contributed by atoms with Gasteiger partial charge in [-0.05, 0) is 42.5 Å². The van der Waals surface area contributed by atoms with E-state index in [1.165, 1.54) is 11.8 Å². The molecule has 1 aliphatic rings. The fourth-order valence-electron chi connectivity index (χ4n) is 3.01. The van der Waals surface area contributed by atoms with Crippen molar-refractivity contribution in [1.82, 2.24) is 4.90 Å². The van der Waals surface area contributed by atoms with Gasteiger partial charge in [-0.15, -0.1) is 0 Å². The topological polar surface area (TPSA) is 66.8 Å². The van der Waals surface area contributed by atoms with E-state index in [2.05, 4.69) is 0 Å². The number of rotatable bonds is 7. The van der Waals surface area contributed by atoms with Gasteiger partial charge < -0.3 is 14.7 Å². The van der Waals surface area contributed by atoms with E-state index in [-0.39, 0.29) is 17.7 Å². The fourth-order valence-corrected chi connectivity index (χ4v) is 3.01. The van der Waals surface area contributed by atoms with Crippen LogP contribution in [0.25, 0.3) is 0 Å².